The van der Waals surface area contributed by atoms with Crippen molar-refractivity contribution in [3.8, 4) is 0 Å². The molecule has 72 valence electrons. The maximum atomic E-state index is 12.8. The van der Waals surface area contributed by atoms with Crippen molar-refractivity contribution in [3.63, 3.8) is 0 Å². The van der Waals surface area contributed by atoms with Gasteiger partial charge >= 0.3 is 0 Å². The quantitative estimate of drug-likeness (QED) is 0.467. The standard InChI is InChI=1S/C10H11F3/c1-4-7(3)6-8(10(12)13)9(11)5-2/h5-6,10H,1H2,2-3H3/b8-6+,9-5+. The van der Waals surface area contributed by atoms with Crippen molar-refractivity contribution in [3.05, 3.63) is 41.4 Å². The van der Waals surface area contributed by atoms with Gasteiger partial charge in [-0.25, -0.2) is 13.2 Å². The summed E-state index contributed by atoms with van der Waals surface area (Å²) in [6.07, 6.45) is -0.791. The van der Waals surface area contributed by atoms with Gasteiger partial charge in [0.15, 0.2) is 0 Å². The first-order valence-corrected chi connectivity index (χ1v) is 3.71. The van der Waals surface area contributed by atoms with Crippen LogP contribution in [0.3, 0.4) is 0 Å². The normalized spacial score (nSPS) is 13.1. The van der Waals surface area contributed by atoms with Crippen LogP contribution >= 0.6 is 0 Å². The zero-order valence-electron chi connectivity index (χ0n) is 7.57. The van der Waals surface area contributed by atoms with Crippen molar-refractivity contribution >= 4 is 0 Å². The highest BCUT2D eigenvalue weighted by molar-refractivity contribution is 5.33. The lowest BCUT2D eigenvalue weighted by molar-refractivity contribution is 0.188. The van der Waals surface area contributed by atoms with E-state index in [9.17, 15) is 13.2 Å². The van der Waals surface area contributed by atoms with E-state index in [1.165, 1.54) is 13.8 Å². The summed E-state index contributed by atoms with van der Waals surface area (Å²) in [4.78, 5) is 0. The predicted molar refractivity (Wildman–Crippen MR) is 47.3 cm³/mol. The average Bonchev–Trinajstić information content (AvgIpc) is 2.11. The van der Waals surface area contributed by atoms with Crippen LogP contribution in [0.4, 0.5) is 13.2 Å². The molecule has 0 heterocycles. The third-order valence-corrected chi connectivity index (χ3v) is 1.42. The Kier molecular flexibility index (Phi) is 4.93. The molecule has 0 atom stereocenters. The third kappa shape index (κ3) is 3.81. The fraction of sp³-hybridized carbons (Fsp3) is 0.300. The molecule has 0 bridgehead atoms. The summed E-state index contributed by atoms with van der Waals surface area (Å²) in [6.45, 7) is 6.15. The van der Waals surface area contributed by atoms with E-state index in [4.69, 9.17) is 0 Å². The first-order chi connectivity index (χ1) is 6.02. The Morgan fingerprint density at radius 3 is 2.31 bits per heavy atom. The van der Waals surface area contributed by atoms with Gasteiger partial charge in [0.05, 0.1) is 5.57 Å². The number of halogens is 3. The summed E-state index contributed by atoms with van der Waals surface area (Å²) in [5, 5.41) is 0. The zero-order valence-corrected chi connectivity index (χ0v) is 7.57. The number of hydrogen-bond donors (Lipinski definition) is 0. The monoisotopic (exact) mass is 188 g/mol. The predicted octanol–water partition coefficient (Wildman–Crippen LogP) is 3.78. The Balaban J connectivity index is 5.04. The molecule has 0 amide bonds. The van der Waals surface area contributed by atoms with E-state index in [2.05, 4.69) is 12.3 Å². The molecule has 0 unspecified atom stereocenters. The Hall–Kier alpha value is -1.21. The molecular weight excluding hydrogens is 177 g/mol. The molecule has 13 heavy (non-hydrogen) atoms. The number of alkyl halides is 2. The molecule has 0 saturated carbocycles. The summed E-state index contributed by atoms with van der Waals surface area (Å²) in [6, 6.07) is 0. The number of allylic oxidation sites excluding steroid dienone is 5. The van der Waals surface area contributed by atoms with Gasteiger partial charge < -0.3 is 0 Å². The van der Waals surface area contributed by atoms with Crippen LogP contribution in [0, 0.1) is 0 Å². The van der Waals surface area contributed by atoms with Gasteiger partial charge in [-0.2, -0.15) is 0 Å². The number of hydrogen-bond acceptors (Lipinski definition) is 0. The molecular formula is C10H11F3. The lowest BCUT2D eigenvalue weighted by Crippen LogP contribution is -1.97. The summed E-state index contributed by atoms with van der Waals surface area (Å²) in [5.41, 5.74) is 2.15. The van der Waals surface area contributed by atoms with E-state index >= 15 is 0 Å². The van der Waals surface area contributed by atoms with Crippen LogP contribution in [-0.4, -0.2) is 6.43 Å². The van der Waals surface area contributed by atoms with Gasteiger partial charge in [0.1, 0.15) is 5.83 Å². The second-order valence-electron chi connectivity index (χ2n) is 2.40. The van der Waals surface area contributed by atoms with Crippen LogP contribution in [0.15, 0.2) is 41.4 Å². The molecule has 0 spiro atoms. The molecule has 0 fully saturated rings. The van der Waals surface area contributed by atoms with Crippen LogP contribution in [0.2, 0.25) is 0 Å². The lowest BCUT2D eigenvalue weighted by Gasteiger charge is -2.02. The minimum atomic E-state index is -2.82. The summed E-state index contributed by atoms with van der Waals surface area (Å²) in [5.74, 6) is -0.912. The van der Waals surface area contributed by atoms with Crippen LogP contribution in [0.25, 0.3) is 0 Å². The lowest BCUT2D eigenvalue weighted by atomic mass is 10.1. The molecule has 0 aliphatic carbocycles. The van der Waals surface area contributed by atoms with Crippen LogP contribution < -0.4 is 0 Å². The van der Waals surface area contributed by atoms with Crippen molar-refractivity contribution in [2.24, 2.45) is 0 Å². The van der Waals surface area contributed by atoms with Crippen LogP contribution in [0.1, 0.15) is 13.8 Å². The minimum absolute atomic E-state index is 0.382. The average molecular weight is 188 g/mol. The molecule has 0 nitrogen and oxygen atoms in total. The summed E-state index contributed by atoms with van der Waals surface area (Å²) < 4.78 is 37.2. The Bertz CT molecular complexity index is 279. The van der Waals surface area contributed by atoms with Crippen LogP contribution in [0.5, 0.6) is 0 Å². The van der Waals surface area contributed by atoms with Crippen molar-refractivity contribution in [2.75, 3.05) is 0 Å². The Morgan fingerprint density at radius 2 is 2.00 bits per heavy atom. The van der Waals surface area contributed by atoms with Crippen molar-refractivity contribution in [1.29, 1.82) is 0 Å². The van der Waals surface area contributed by atoms with E-state index in [1.54, 1.807) is 0 Å². The first-order valence-electron chi connectivity index (χ1n) is 3.71. The van der Waals surface area contributed by atoms with E-state index in [0.29, 0.717) is 5.57 Å². The molecule has 0 N–H and O–H groups in total. The van der Waals surface area contributed by atoms with Gasteiger partial charge in [0.25, 0.3) is 6.43 Å². The zero-order chi connectivity index (χ0) is 10.4. The van der Waals surface area contributed by atoms with Gasteiger partial charge in [-0.1, -0.05) is 12.7 Å². The molecule has 0 aromatic heterocycles. The maximum absolute atomic E-state index is 12.8. The molecule has 0 saturated heterocycles. The molecule has 0 rings (SSSR count). The summed E-state index contributed by atoms with van der Waals surface area (Å²) >= 11 is 0. The molecule has 0 radical (unpaired) electrons. The van der Waals surface area contributed by atoms with E-state index in [0.717, 1.165) is 12.2 Å². The highest BCUT2D eigenvalue weighted by Crippen LogP contribution is 2.20. The second kappa shape index (κ2) is 5.44. The first kappa shape index (κ1) is 11.8. The van der Waals surface area contributed by atoms with Gasteiger partial charge in [-0.05, 0) is 25.5 Å². The van der Waals surface area contributed by atoms with Gasteiger partial charge in [-0.15, -0.1) is 5.73 Å². The fourth-order valence-electron chi connectivity index (χ4n) is 0.687. The largest absolute Gasteiger partial charge is 0.266 e. The third-order valence-electron chi connectivity index (χ3n) is 1.42. The minimum Gasteiger partial charge on any atom is -0.207 e. The van der Waals surface area contributed by atoms with Crippen molar-refractivity contribution in [1.82, 2.24) is 0 Å². The van der Waals surface area contributed by atoms with Crippen molar-refractivity contribution < 1.29 is 13.2 Å². The van der Waals surface area contributed by atoms with Gasteiger partial charge in [0.2, 0.25) is 0 Å². The molecule has 3 heteroatoms. The van der Waals surface area contributed by atoms with E-state index in [1.807, 2.05) is 0 Å². The Labute approximate surface area is 75.8 Å². The van der Waals surface area contributed by atoms with E-state index < -0.39 is 17.8 Å². The van der Waals surface area contributed by atoms with Gasteiger partial charge in [-0.3, -0.25) is 0 Å². The maximum Gasteiger partial charge on any atom is 0.266 e. The molecule has 0 aliphatic heterocycles. The van der Waals surface area contributed by atoms with Crippen molar-refractivity contribution in [2.45, 2.75) is 20.3 Å². The SMILES string of the molecule is C=C=C(C)/C=C(\C(F)=C/C)C(F)F. The molecule has 0 aliphatic rings. The number of rotatable bonds is 3. The highest BCUT2D eigenvalue weighted by atomic mass is 19.3. The van der Waals surface area contributed by atoms with Crippen LogP contribution in [-0.2, 0) is 0 Å². The topological polar surface area (TPSA) is 0 Å². The smallest absolute Gasteiger partial charge is 0.207 e. The highest BCUT2D eigenvalue weighted by Gasteiger charge is 2.15. The van der Waals surface area contributed by atoms with Gasteiger partial charge in [0, 0.05) is 0 Å². The summed E-state index contributed by atoms with van der Waals surface area (Å²) in [7, 11) is 0. The molecule has 0 aromatic rings. The van der Waals surface area contributed by atoms with E-state index in [-0.39, 0.29) is 0 Å². The molecule has 0 aromatic carbocycles. The fourth-order valence-corrected chi connectivity index (χ4v) is 0.687. The Morgan fingerprint density at radius 1 is 1.46 bits per heavy atom. The second-order valence-corrected chi connectivity index (χ2v) is 2.40.